The van der Waals surface area contributed by atoms with Crippen molar-refractivity contribution >= 4 is 18.0 Å². The Bertz CT molecular complexity index is 463. The molecule has 3 amide bonds. The third kappa shape index (κ3) is 1.88. The summed E-state index contributed by atoms with van der Waals surface area (Å²) in [6.07, 6.45) is 1.66. The fraction of sp³-hybridized carbons (Fsp3) is 0.0909. The lowest BCUT2D eigenvalue weighted by molar-refractivity contribution is -0.115. The first-order chi connectivity index (χ1) is 7.16. The Hall–Kier alpha value is -2.10. The fourth-order valence-electron chi connectivity index (χ4n) is 1.39. The fourth-order valence-corrected chi connectivity index (χ4v) is 1.39. The van der Waals surface area contributed by atoms with Gasteiger partial charge in [0.15, 0.2) is 0 Å². The molecule has 1 heterocycles. The molecule has 1 aromatic rings. The summed E-state index contributed by atoms with van der Waals surface area (Å²) in [4.78, 5) is 22.1. The molecule has 0 bridgehead atoms. The van der Waals surface area contributed by atoms with Crippen LogP contribution in [0.5, 0.6) is 0 Å². The Morgan fingerprint density at radius 3 is 2.47 bits per heavy atom. The molecular weight excluding hydrogens is 192 g/mol. The lowest BCUT2D eigenvalue weighted by atomic mass is 10.1. The molecule has 1 aliphatic heterocycles. The standard InChI is InChI=1S/C11H10N2O2/c1-7-4-2-3-5-8(7)6-9-10(14)13-11(15)12-9/h2-6H,1H3,(H2,12,13,14,15)/b9-6-. The number of benzene rings is 1. The van der Waals surface area contributed by atoms with Crippen molar-refractivity contribution in [2.24, 2.45) is 0 Å². The third-order valence-electron chi connectivity index (χ3n) is 2.21. The molecule has 2 rings (SSSR count). The maximum Gasteiger partial charge on any atom is 0.326 e. The van der Waals surface area contributed by atoms with Crippen LogP contribution in [-0.2, 0) is 4.79 Å². The Morgan fingerprint density at radius 2 is 1.87 bits per heavy atom. The summed E-state index contributed by atoms with van der Waals surface area (Å²) >= 11 is 0. The second kappa shape index (κ2) is 3.57. The number of rotatable bonds is 1. The quantitative estimate of drug-likeness (QED) is 0.530. The summed E-state index contributed by atoms with van der Waals surface area (Å²) in [5, 5.41) is 4.59. The molecule has 4 nitrogen and oxygen atoms in total. The van der Waals surface area contributed by atoms with E-state index in [4.69, 9.17) is 0 Å². The maximum absolute atomic E-state index is 11.2. The SMILES string of the molecule is Cc1ccccc1/C=C1\NC(=O)NC1=O. The predicted molar refractivity (Wildman–Crippen MR) is 55.8 cm³/mol. The molecular formula is C11H10N2O2. The number of carbonyl (C=O) groups is 2. The smallest absolute Gasteiger partial charge is 0.303 e. The topological polar surface area (TPSA) is 58.2 Å². The van der Waals surface area contributed by atoms with E-state index in [1.807, 2.05) is 31.2 Å². The van der Waals surface area contributed by atoms with Gasteiger partial charge in [-0.2, -0.15) is 0 Å². The van der Waals surface area contributed by atoms with Crippen LogP contribution < -0.4 is 10.6 Å². The summed E-state index contributed by atoms with van der Waals surface area (Å²) in [5.74, 6) is -0.386. The monoisotopic (exact) mass is 202 g/mol. The van der Waals surface area contributed by atoms with E-state index in [0.29, 0.717) is 0 Å². The van der Waals surface area contributed by atoms with Gasteiger partial charge in [-0.15, -0.1) is 0 Å². The predicted octanol–water partition coefficient (Wildman–Crippen LogP) is 1.18. The lowest BCUT2D eigenvalue weighted by Crippen LogP contribution is -2.22. The largest absolute Gasteiger partial charge is 0.326 e. The van der Waals surface area contributed by atoms with Gasteiger partial charge in [-0.25, -0.2) is 4.79 Å². The van der Waals surface area contributed by atoms with Gasteiger partial charge in [-0.1, -0.05) is 24.3 Å². The van der Waals surface area contributed by atoms with E-state index in [1.54, 1.807) is 6.08 Å². The number of nitrogens with one attached hydrogen (secondary N) is 2. The molecule has 1 fully saturated rings. The van der Waals surface area contributed by atoms with Crippen molar-refractivity contribution < 1.29 is 9.59 Å². The van der Waals surface area contributed by atoms with Crippen molar-refractivity contribution in [2.75, 3.05) is 0 Å². The molecule has 0 atom stereocenters. The number of aryl methyl sites for hydroxylation is 1. The minimum absolute atomic E-state index is 0.286. The molecule has 4 heteroatoms. The van der Waals surface area contributed by atoms with E-state index in [9.17, 15) is 9.59 Å². The van der Waals surface area contributed by atoms with E-state index in [1.165, 1.54) is 0 Å². The normalized spacial score (nSPS) is 17.8. The van der Waals surface area contributed by atoms with Crippen LogP contribution in [0.15, 0.2) is 30.0 Å². The van der Waals surface area contributed by atoms with Gasteiger partial charge in [-0.05, 0) is 24.1 Å². The Balaban J connectivity index is 2.35. The molecule has 1 aromatic carbocycles. The van der Waals surface area contributed by atoms with Crippen LogP contribution in [0.25, 0.3) is 6.08 Å². The van der Waals surface area contributed by atoms with Crippen molar-refractivity contribution in [3.63, 3.8) is 0 Å². The molecule has 0 radical (unpaired) electrons. The summed E-state index contributed by atoms with van der Waals surface area (Å²) in [6.45, 7) is 1.95. The van der Waals surface area contributed by atoms with E-state index < -0.39 is 6.03 Å². The highest BCUT2D eigenvalue weighted by Gasteiger charge is 2.22. The molecule has 0 aliphatic carbocycles. The molecule has 0 aromatic heterocycles. The Labute approximate surface area is 87.0 Å². The zero-order chi connectivity index (χ0) is 10.8. The maximum atomic E-state index is 11.2. The van der Waals surface area contributed by atoms with Gasteiger partial charge in [0.05, 0.1) is 0 Å². The molecule has 0 unspecified atom stereocenters. The number of imide groups is 1. The zero-order valence-electron chi connectivity index (χ0n) is 8.20. The van der Waals surface area contributed by atoms with E-state index in [0.717, 1.165) is 11.1 Å². The van der Waals surface area contributed by atoms with E-state index in [-0.39, 0.29) is 11.6 Å². The number of amides is 3. The zero-order valence-corrected chi connectivity index (χ0v) is 8.20. The highest BCUT2D eigenvalue weighted by Crippen LogP contribution is 2.12. The molecule has 76 valence electrons. The van der Waals surface area contributed by atoms with Crippen LogP contribution in [0, 0.1) is 6.92 Å². The van der Waals surface area contributed by atoms with Crippen molar-refractivity contribution in [3.8, 4) is 0 Å². The lowest BCUT2D eigenvalue weighted by Gasteiger charge is -1.99. The molecule has 0 spiro atoms. The first-order valence-electron chi connectivity index (χ1n) is 4.56. The summed E-state index contributed by atoms with van der Waals surface area (Å²) in [6, 6.07) is 7.17. The summed E-state index contributed by atoms with van der Waals surface area (Å²) in [7, 11) is 0. The number of urea groups is 1. The van der Waals surface area contributed by atoms with Gasteiger partial charge >= 0.3 is 6.03 Å². The van der Waals surface area contributed by atoms with Crippen LogP contribution in [0.2, 0.25) is 0 Å². The first kappa shape index (κ1) is 9.45. The second-order valence-corrected chi connectivity index (χ2v) is 3.32. The second-order valence-electron chi connectivity index (χ2n) is 3.32. The van der Waals surface area contributed by atoms with Crippen LogP contribution in [0.1, 0.15) is 11.1 Å². The van der Waals surface area contributed by atoms with Gasteiger partial charge in [0, 0.05) is 0 Å². The van der Waals surface area contributed by atoms with Gasteiger partial charge in [0.1, 0.15) is 5.70 Å². The van der Waals surface area contributed by atoms with Crippen LogP contribution >= 0.6 is 0 Å². The Morgan fingerprint density at radius 1 is 1.13 bits per heavy atom. The molecule has 0 saturated carbocycles. The average molecular weight is 202 g/mol. The third-order valence-corrected chi connectivity index (χ3v) is 2.21. The molecule has 2 N–H and O–H groups in total. The molecule has 1 aliphatic rings. The highest BCUT2D eigenvalue weighted by atomic mass is 16.2. The Kier molecular flexibility index (Phi) is 2.25. The minimum Gasteiger partial charge on any atom is -0.303 e. The average Bonchev–Trinajstić information content (AvgIpc) is 2.49. The van der Waals surface area contributed by atoms with Crippen molar-refractivity contribution in [3.05, 3.63) is 41.1 Å². The van der Waals surface area contributed by atoms with Crippen LogP contribution in [0.4, 0.5) is 4.79 Å². The van der Waals surface area contributed by atoms with Crippen molar-refractivity contribution in [1.82, 2.24) is 10.6 Å². The number of hydrogen-bond donors (Lipinski definition) is 2. The van der Waals surface area contributed by atoms with Gasteiger partial charge in [-0.3, -0.25) is 10.1 Å². The van der Waals surface area contributed by atoms with Crippen LogP contribution in [0.3, 0.4) is 0 Å². The molecule has 15 heavy (non-hydrogen) atoms. The van der Waals surface area contributed by atoms with Crippen molar-refractivity contribution in [2.45, 2.75) is 6.92 Å². The summed E-state index contributed by atoms with van der Waals surface area (Å²) < 4.78 is 0. The van der Waals surface area contributed by atoms with E-state index in [2.05, 4.69) is 10.6 Å². The van der Waals surface area contributed by atoms with Crippen LogP contribution in [-0.4, -0.2) is 11.9 Å². The van der Waals surface area contributed by atoms with Gasteiger partial charge in [0.25, 0.3) is 5.91 Å². The number of hydrogen-bond acceptors (Lipinski definition) is 2. The van der Waals surface area contributed by atoms with Gasteiger partial charge in [0.2, 0.25) is 0 Å². The van der Waals surface area contributed by atoms with Crippen molar-refractivity contribution in [1.29, 1.82) is 0 Å². The summed E-state index contributed by atoms with van der Waals surface area (Å²) in [5.41, 5.74) is 2.26. The van der Waals surface area contributed by atoms with E-state index >= 15 is 0 Å². The van der Waals surface area contributed by atoms with Gasteiger partial charge < -0.3 is 5.32 Å². The highest BCUT2D eigenvalue weighted by molar-refractivity contribution is 6.14. The first-order valence-corrected chi connectivity index (χ1v) is 4.56. The number of carbonyl (C=O) groups excluding carboxylic acids is 2. The minimum atomic E-state index is -0.472. The molecule has 1 saturated heterocycles.